The van der Waals surface area contributed by atoms with Crippen LogP contribution in [-0.4, -0.2) is 15.7 Å². The lowest BCUT2D eigenvalue weighted by Gasteiger charge is -2.00. The van der Waals surface area contributed by atoms with Crippen LogP contribution in [0.1, 0.15) is 35.1 Å². The smallest absolute Gasteiger partial charge is 0.168 e. The summed E-state index contributed by atoms with van der Waals surface area (Å²) in [6.45, 7) is 4.18. The molecule has 2 heterocycles. The summed E-state index contributed by atoms with van der Waals surface area (Å²) < 4.78 is 1.84. The maximum absolute atomic E-state index is 10.9. The summed E-state index contributed by atoms with van der Waals surface area (Å²) in [6.07, 6.45) is 4.37. The van der Waals surface area contributed by atoms with Gasteiger partial charge in [-0.2, -0.15) is 0 Å². The van der Waals surface area contributed by atoms with E-state index in [0.29, 0.717) is 5.92 Å². The van der Waals surface area contributed by atoms with Gasteiger partial charge >= 0.3 is 0 Å². The molecule has 68 valence electrons. The van der Waals surface area contributed by atoms with Crippen molar-refractivity contribution in [2.45, 2.75) is 19.8 Å². The van der Waals surface area contributed by atoms with E-state index >= 15 is 0 Å². The summed E-state index contributed by atoms with van der Waals surface area (Å²) in [5, 5.41) is 0. The second kappa shape index (κ2) is 2.96. The normalized spacial score (nSPS) is 11.3. The number of fused-ring (bicyclic) bond motifs is 1. The molecule has 2 aromatic heterocycles. The Hall–Kier alpha value is -1.16. The highest BCUT2D eigenvalue weighted by atomic mass is 32.1. The Morgan fingerprint density at radius 1 is 1.62 bits per heavy atom. The molecule has 0 radical (unpaired) electrons. The Kier molecular flexibility index (Phi) is 1.92. The second-order valence-electron chi connectivity index (χ2n) is 3.23. The molecular weight excluding hydrogens is 184 g/mol. The first-order chi connectivity index (χ1) is 6.24. The van der Waals surface area contributed by atoms with Crippen LogP contribution < -0.4 is 0 Å². The molecule has 2 rings (SSSR count). The standard InChI is InChI=1S/C9H10N2OS/c1-6(2)9-7(4-12)11-5-10-3-8(11)13-9/h3-6H,1-2H3. The maximum Gasteiger partial charge on any atom is 0.168 e. The van der Waals surface area contributed by atoms with Gasteiger partial charge < -0.3 is 0 Å². The van der Waals surface area contributed by atoms with Crippen molar-refractivity contribution in [2.24, 2.45) is 0 Å². The molecule has 3 nitrogen and oxygen atoms in total. The van der Waals surface area contributed by atoms with Gasteiger partial charge in [-0.1, -0.05) is 13.8 Å². The average molecular weight is 194 g/mol. The summed E-state index contributed by atoms with van der Waals surface area (Å²) in [7, 11) is 0. The number of rotatable bonds is 2. The fraction of sp³-hybridized carbons (Fsp3) is 0.333. The summed E-state index contributed by atoms with van der Waals surface area (Å²) in [5.74, 6) is 0.394. The summed E-state index contributed by atoms with van der Waals surface area (Å²) in [6, 6.07) is 0. The van der Waals surface area contributed by atoms with E-state index in [2.05, 4.69) is 18.8 Å². The van der Waals surface area contributed by atoms with Gasteiger partial charge in [0, 0.05) is 4.88 Å². The predicted octanol–water partition coefficient (Wildman–Crippen LogP) is 2.33. The van der Waals surface area contributed by atoms with E-state index < -0.39 is 0 Å². The molecule has 0 atom stereocenters. The van der Waals surface area contributed by atoms with Gasteiger partial charge in [-0.15, -0.1) is 11.3 Å². The Morgan fingerprint density at radius 3 is 3.00 bits per heavy atom. The van der Waals surface area contributed by atoms with Crippen LogP contribution in [0.15, 0.2) is 12.5 Å². The zero-order valence-corrected chi connectivity index (χ0v) is 8.34. The molecule has 13 heavy (non-hydrogen) atoms. The van der Waals surface area contributed by atoms with Crippen LogP contribution in [-0.2, 0) is 0 Å². The van der Waals surface area contributed by atoms with Crippen LogP contribution in [0.4, 0.5) is 0 Å². The number of carbonyl (C=O) groups excluding carboxylic acids is 1. The Balaban J connectivity index is 2.74. The maximum atomic E-state index is 10.9. The number of hydrogen-bond acceptors (Lipinski definition) is 3. The van der Waals surface area contributed by atoms with Gasteiger partial charge in [0.25, 0.3) is 0 Å². The zero-order valence-electron chi connectivity index (χ0n) is 7.52. The first kappa shape index (κ1) is 8.44. The molecule has 0 bridgehead atoms. The summed E-state index contributed by atoms with van der Waals surface area (Å²) in [5.41, 5.74) is 0.743. The fourth-order valence-corrected chi connectivity index (χ4v) is 2.42. The highest BCUT2D eigenvalue weighted by Gasteiger charge is 2.13. The zero-order chi connectivity index (χ0) is 9.42. The molecule has 0 fully saturated rings. The van der Waals surface area contributed by atoms with Crippen LogP contribution in [0.5, 0.6) is 0 Å². The summed E-state index contributed by atoms with van der Waals surface area (Å²) >= 11 is 1.63. The quantitative estimate of drug-likeness (QED) is 0.688. The highest BCUT2D eigenvalue weighted by Crippen LogP contribution is 2.28. The average Bonchev–Trinajstić information content (AvgIpc) is 2.60. The van der Waals surface area contributed by atoms with Crippen molar-refractivity contribution in [3.8, 4) is 0 Å². The molecule has 0 saturated heterocycles. The summed E-state index contributed by atoms with van der Waals surface area (Å²) in [4.78, 5) is 17.0. The molecule has 0 aliphatic carbocycles. The Labute approximate surface area is 80.0 Å². The third-order valence-electron chi connectivity index (χ3n) is 1.97. The first-order valence-electron chi connectivity index (χ1n) is 4.14. The van der Waals surface area contributed by atoms with Gasteiger partial charge in [0.1, 0.15) is 16.9 Å². The topological polar surface area (TPSA) is 34.4 Å². The SMILES string of the molecule is CC(C)c1sc2cncn2c1C=O. The van der Waals surface area contributed by atoms with Crippen molar-refractivity contribution in [2.75, 3.05) is 0 Å². The van der Waals surface area contributed by atoms with Crippen molar-refractivity contribution in [1.29, 1.82) is 0 Å². The minimum Gasteiger partial charge on any atom is -0.296 e. The highest BCUT2D eigenvalue weighted by molar-refractivity contribution is 7.17. The lowest BCUT2D eigenvalue weighted by Crippen LogP contribution is -1.93. The van der Waals surface area contributed by atoms with E-state index in [9.17, 15) is 4.79 Å². The fourth-order valence-electron chi connectivity index (χ4n) is 1.35. The minimum absolute atomic E-state index is 0.394. The Bertz CT molecular complexity index is 441. The number of thiazole rings is 1. The number of imidazole rings is 1. The van der Waals surface area contributed by atoms with Crippen LogP contribution in [0.2, 0.25) is 0 Å². The number of carbonyl (C=O) groups is 1. The van der Waals surface area contributed by atoms with Gasteiger partial charge in [0.2, 0.25) is 0 Å². The van der Waals surface area contributed by atoms with Gasteiger partial charge in [-0.05, 0) is 5.92 Å². The second-order valence-corrected chi connectivity index (χ2v) is 4.29. The van der Waals surface area contributed by atoms with E-state index in [1.54, 1.807) is 23.9 Å². The number of nitrogens with zero attached hydrogens (tertiary/aromatic N) is 2. The number of aromatic nitrogens is 2. The molecule has 2 aromatic rings. The van der Waals surface area contributed by atoms with Gasteiger partial charge in [-0.25, -0.2) is 4.98 Å². The molecule has 0 amide bonds. The van der Waals surface area contributed by atoms with Gasteiger partial charge in [-0.3, -0.25) is 9.20 Å². The van der Waals surface area contributed by atoms with Crippen LogP contribution in [0, 0.1) is 0 Å². The minimum atomic E-state index is 0.394. The molecule has 0 unspecified atom stereocenters. The molecule has 0 aliphatic rings. The van der Waals surface area contributed by atoms with Crippen LogP contribution >= 0.6 is 11.3 Å². The number of aldehydes is 1. The Morgan fingerprint density at radius 2 is 2.38 bits per heavy atom. The lowest BCUT2D eigenvalue weighted by molar-refractivity contribution is 0.111. The van der Waals surface area contributed by atoms with Crippen LogP contribution in [0.3, 0.4) is 0 Å². The molecule has 0 aromatic carbocycles. The predicted molar refractivity (Wildman–Crippen MR) is 52.5 cm³/mol. The van der Waals surface area contributed by atoms with Crippen molar-refractivity contribution >= 4 is 22.5 Å². The molecule has 0 saturated carbocycles. The molecule has 4 heteroatoms. The molecule has 0 aliphatic heterocycles. The first-order valence-corrected chi connectivity index (χ1v) is 4.95. The van der Waals surface area contributed by atoms with Gasteiger partial charge in [0.15, 0.2) is 6.29 Å². The van der Waals surface area contributed by atoms with E-state index in [0.717, 1.165) is 21.7 Å². The van der Waals surface area contributed by atoms with Crippen molar-refractivity contribution in [1.82, 2.24) is 9.38 Å². The lowest BCUT2D eigenvalue weighted by atomic mass is 10.1. The molecular formula is C9H10N2OS. The van der Waals surface area contributed by atoms with E-state index in [1.165, 1.54) is 0 Å². The van der Waals surface area contributed by atoms with E-state index in [1.807, 2.05) is 4.40 Å². The molecule has 0 spiro atoms. The largest absolute Gasteiger partial charge is 0.296 e. The van der Waals surface area contributed by atoms with E-state index in [4.69, 9.17) is 0 Å². The third kappa shape index (κ3) is 1.18. The third-order valence-corrected chi connectivity index (χ3v) is 3.38. The van der Waals surface area contributed by atoms with Gasteiger partial charge in [0.05, 0.1) is 6.20 Å². The van der Waals surface area contributed by atoms with Crippen molar-refractivity contribution in [3.05, 3.63) is 23.1 Å². The monoisotopic (exact) mass is 194 g/mol. The molecule has 0 N–H and O–H groups in total. The van der Waals surface area contributed by atoms with E-state index in [-0.39, 0.29) is 0 Å². The van der Waals surface area contributed by atoms with Crippen molar-refractivity contribution < 1.29 is 4.79 Å². The number of hydrogen-bond donors (Lipinski definition) is 0. The van der Waals surface area contributed by atoms with Crippen LogP contribution in [0.25, 0.3) is 4.83 Å². The van der Waals surface area contributed by atoms with Crippen molar-refractivity contribution in [3.63, 3.8) is 0 Å².